The summed E-state index contributed by atoms with van der Waals surface area (Å²) in [6.45, 7) is 0.506. The third-order valence-electron chi connectivity index (χ3n) is 5.93. The Bertz CT molecular complexity index is 962. The lowest BCUT2D eigenvalue weighted by molar-refractivity contribution is -0.126. The van der Waals surface area contributed by atoms with E-state index in [2.05, 4.69) is 34.6 Å². The molecular formula is C23H28ClN3O2. The fraction of sp³-hybridized carbons (Fsp3) is 0.348. The number of aromatic nitrogens is 1. The van der Waals surface area contributed by atoms with Crippen molar-refractivity contribution in [3.8, 4) is 5.75 Å². The van der Waals surface area contributed by atoms with Gasteiger partial charge in [0.05, 0.1) is 12.6 Å². The van der Waals surface area contributed by atoms with Gasteiger partial charge in [-0.2, -0.15) is 0 Å². The number of hydrogen-bond acceptors (Lipinski definition) is 3. The second kappa shape index (κ2) is 8.89. The molecule has 1 atom stereocenters. The van der Waals surface area contributed by atoms with Crippen LogP contribution in [0.15, 0.2) is 54.7 Å². The van der Waals surface area contributed by atoms with E-state index in [4.69, 9.17) is 10.5 Å². The molecule has 6 heteroatoms. The number of rotatable bonds is 6. The average molecular weight is 414 g/mol. The van der Waals surface area contributed by atoms with Crippen LogP contribution in [0.5, 0.6) is 5.75 Å². The van der Waals surface area contributed by atoms with Gasteiger partial charge >= 0.3 is 0 Å². The average Bonchev–Trinajstić information content (AvgIpc) is 3.36. The largest absolute Gasteiger partial charge is 0.497 e. The molecule has 1 aromatic heterocycles. The number of nitrogens with one attached hydrogen (secondary N) is 2. The first-order valence-corrected chi connectivity index (χ1v) is 9.88. The molecule has 1 unspecified atom stereocenters. The quantitative estimate of drug-likeness (QED) is 0.568. The minimum Gasteiger partial charge on any atom is -0.497 e. The van der Waals surface area contributed by atoms with Crippen molar-refractivity contribution in [3.63, 3.8) is 0 Å². The number of fused-ring (bicyclic) bond motifs is 1. The van der Waals surface area contributed by atoms with E-state index in [0.717, 1.165) is 42.5 Å². The van der Waals surface area contributed by atoms with Crippen molar-refractivity contribution in [1.29, 1.82) is 0 Å². The molecule has 29 heavy (non-hydrogen) atoms. The maximum absolute atomic E-state index is 12.8. The number of nitrogens with two attached hydrogens (primary N) is 1. The molecule has 2 aromatic carbocycles. The Balaban J connectivity index is 0.00000240. The summed E-state index contributed by atoms with van der Waals surface area (Å²) in [4.78, 5) is 16.1. The van der Waals surface area contributed by atoms with Crippen molar-refractivity contribution in [3.05, 3.63) is 65.9 Å². The van der Waals surface area contributed by atoms with Gasteiger partial charge < -0.3 is 20.8 Å². The number of ether oxygens (including phenoxy) is 1. The zero-order valence-corrected chi connectivity index (χ0v) is 17.4. The molecule has 3 aromatic rings. The van der Waals surface area contributed by atoms with E-state index < -0.39 is 5.54 Å². The van der Waals surface area contributed by atoms with Gasteiger partial charge in [0, 0.05) is 29.6 Å². The molecular weight excluding hydrogens is 386 g/mol. The molecule has 0 bridgehead atoms. The maximum Gasteiger partial charge on any atom is 0.240 e. The van der Waals surface area contributed by atoms with Crippen LogP contribution < -0.4 is 15.8 Å². The van der Waals surface area contributed by atoms with Crippen LogP contribution in [0.3, 0.4) is 0 Å². The smallest absolute Gasteiger partial charge is 0.240 e. The van der Waals surface area contributed by atoms with Gasteiger partial charge in [-0.1, -0.05) is 43.2 Å². The predicted molar refractivity (Wildman–Crippen MR) is 119 cm³/mol. The van der Waals surface area contributed by atoms with Gasteiger partial charge in [-0.25, -0.2) is 0 Å². The summed E-state index contributed by atoms with van der Waals surface area (Å²) in [7, 11) is 1.66. The van der Waals surface area contributed by atoms with Crippen molar-refractivity contribution in [1.82, 2.24) is 10.3 Å². The van der Waals surface area contributed by atoms with Gasteiger partial charge in [0.1, 0.15) is 5.75 Å². The van der Waals surface area contributed by atoms with Gasteiger partial charge in [0.2, 0.25) is 5.91 Å². The lowest BCUT2D eigenvalue weighted by Crippen LogP contribution is -2.52. The summed E-state index contributed by atoms with van der Waals surface area (Å²) < 4.78 is 5.30. The van der Waals surface area contributed by atoms with Crippen LogP contribution in [0.1, 0.15) is 42.7 Å². The summed E-state index contributed by atoms with van der Waals surface area (Å²) in [6, 6.07) is 16.3. The van der Waals surface area contributed by atoms with E-state index in [1.165, 1.54) is 10.9 Å². The lowest BCUT2D eigenvalue weighted by Gasteiger charge is -2.25. The van der Waals surface area contributed by atoms with E-state index in [0.29, 0.717) is 6.54 Å². The van der Waals surface area contributed by atoms with E-state index in [-0.39, 0.29) is 24.2 Å². The Hall–Kier alpha value is -2.50. The van der Waals surface area contributed by atoms with Gasteiger partial charge in [-0.05, 0) is 42.2 Å². The number of para-hydroxylation sites is 1. The number of hydrogen-bond donors (Lipinski definition) is 3. The van der Waals surface area contributed by atoms with Gasteiger partial charge in [-0.3, -0.25) is 4.79 Å². The van der Waals surface area contributed by atoms with Crippen molar-refractivity contribution in [2.75, 3.05) is 13.7 Å². The van der Waals surface area contributed by atoms with Crippen molar-refractivity contribution in [2.45, 2.75) is 37.1 Å². The molecule has 1 aliphatic carbocycles. The highest BCUT2D eigenvalue weighted by Gasteiger charge is 2.37. The van der Waals surface area contributed by atoms with Crippen LogP contribution >= 0.6 is 12.4 Å². The minimum atomic E-state index is -0.718. The number of benzene rings is 2. The molecule has 1 saturated carbocycles. The van der Waals surface area contributed by atoms with Crippen molar-refractivity contribution in [2.24, 2.45) is 5.73 Å². The minimum absolute atomic E-state index is 0. The Morgan fingerprint density at radius 1 is 1.17 bits per heavy atom. The zero-order chi connectivity index (χ0) is 19.6. The predicted octanol–water partition coefficient (Wildman–Crippen LogP) is 4.12. The molecule has 4 N–H and O–H groups in total. The Kier molecular flexibility index (Phi) is 6.50. The molecule has 5 nitrogen and oxygen atoms in total. The lowest BCUT2D eigenvalue weighted by atomic mass is 9.90. The molecule has 1 heterocycles. The number of H-pyrrole nitrogens is 1. The standard InChI is InChI=1S/C23H27N3O2.ClH/c1-28-17-10-8-16(9-11-17)19(14-26-22(27)23(24)12-4-5-13-23)20-15-25-21-7-3-2-6-18(20)21;/h2-3,6-11,15,19,25H,4-5,12-14,24H2,1H3,(H,26,27);1H. The molecule has 4 rings (SSSR count). The number of halogens is 1. The highest BCUT2D eigenvalue weighted by Crippen LogP contribution is 2.32. The van der Waals surface area contributed by atoms with Gasteiger partial charge in [-0.15, -0.1) is 12.4 Å². The van der Waals surface area contributed by atoms with E-state index in [1.807, 2.05) is 30.5 Å². The summed E-state index contributed by atoms with van der Waals surface area (Å²) in [5, 5.41) is 4.30. The molecule has 1 fully saturated rings. The summed E-state index contributed by atoms with van der Waals surface area (Å²) in [5.74, 6) is 0.802. The number of methoxy groups -OCH3 is 1. The molecule has 154 valence electrons. The van der Waals surface area contributed by atoms with Crippen molar-refractivity contribution >= 4 is 29.2 Å². The highest BCUT2D eigenvalue weighted by molar-refractivity contribution is 5.87. The van der Waals surface area contributed by atoms with Gasteiger partial charge in [0.15, 0.2) is 0 Å². The van der Waals surface area contributed by atoms with Crippen molar-refractivity contribution < 1.29 is 9.53 Å². The van der Waals surface area contributed by atoms with E-state index in [1.54, 1.807) is 7.11 Å². The van der Waals surface area contributed by atoms with Crippen LogP contribution in [0.25, 0.3) is 10.9 Å². The highest BCUT2D eigenvalue weighted by atomic mass is 35.5. The van der Waals surface area contributed by atoms with Crippen LogP contribution in [0.2, 0.25) is 0 Å². The first kappa shape index (κ1) is 21.2. The first-order valence-electron chi connectivity index (χ1n) is 9.88. The molecule has 0 aliphatic heterocycles. The molecule has 1 aliphatic rings. The number of carbonyl (C=O) groups is 1. The van der Waals surface area contributed by atoms with E-state index in [9.17, 15) is 4.79 Å². The number of amides is 1. The molecule has 0 spiro atoms. The topological polar surface area (TPSA) is 80.1 Å². The van der Waals surface area contributed by atoms with Crippen LogP contribution in [-0.2, 0) is 4.79 Å². The molecule has 0 radical (unpaired) electrons. The first-order chi connectivity index (χ1) is 13.6. The maximum atomic E-state index is 12.8. The normalized spacial score (nSPS) is 16.2. The van der Waals surface area contributed by atoms with Crippen LogP contribution in [0, 0.1) is 0 Å². The number of carbonyl (C=O) groups excluding carboxylic acids is 1. The third kappa shape index (κ3) is 4.26. The summed E-state index contributed by atoms with van der Waals surface area (Å²) in [5.41, 5.74) is 9.01. The molecule has 1 amide bonds. The zero-order valence-electron chi connectivity index (χ0n) is 16.6. The third-order valence-corrected chi connectivity index (χ3v) is 5.93. The summed E-state index contributed by atoms with van der Waals surface area (Å²) in [6.07, 6.45) is 5.61. The van der Waals surface area contributed by atoms with E-state index >= 15 is 0 Å². The SMILES string of the molecule is COc1ccc(C(CNC(=O)C2(N)CCCC2)c2c[nH]c3ccccc23)cc1.Cl. The second-order valence-electron chi connectivity index (χ2n) is 7.69. The second-order valence-corrected chi connectivity index (χ2v) is 7.69. The fourth-order valence-corrected chi connectivity index (χ4v) is 4.23. The Labute approximate surface area is 177 Å². The summed E-state index contributed by atoms with van der Waals surface area (Å²) >= 11 is 0. The molecule has 0 saturated heterocycles. The fourth-order valence-electron chi connectivity index (χ4n) is 4.23. The van der Waals surface area contributed by atoms with Crippen LogP contribution in [0.4, 0.5) is 0 Å². The van der Waals surface area contributed by atoms with Crippen LogP contribution in [-0.4, -0.2) is 30.1 Å². The number of aromatic amines is 1. The van der Waals surface area contributed by atoms with Gasteiger partial charge in [0.25, 0.3) is 0 Å². The Morgan fingerprint density at radius 2 is 1.86 bits per heavy atom. The monoisotopic (exact) mass is 413 g/mol. The Morgan fingerprint density at radius 3 is 2.55 bits per heavy atom.